The first-order valence-corrected chi connectivity index (χ1v) is 10.3. The second-order valence-electron chi connectivity index (χ2n) is 6.85. The van der Waals surface area contributed by atoms with Crippen LogP contribution in [0.2, 0.25) is 0 Å². The van der Waals surface area contributed by atoms with E-state index in [1.165, 1.54) is 22.5 Å². The number of hydrogen-bond acceptors (Lipinski definition) is 5. The Bertz CT molecular complexity index is 1060. The Balaban J connectivity index is 1.30. The van der Waals surface area contributed by atoms with Crippen LogP contribution in [0.1, 0.15) is 26.4 Å². The molecule has 148 valence electrons. The summed E-state index contributed by atoms with van der Waals surface area (Å²) in [6.07, 6.45) is 0.739. The largest absolute Gasteiger partial charge is 0.488 e. The zero-order chi connectivity index (χ0) is 20.2. The topological polar surface area (TPSA) is 64.6 Å². The Kier molecular flexibility index (Phi) is 5.62. The van der Waals surface area contributed by atoms with Crippen molar-refractivity contribution in [1.82, 2.24) is 5.32 Å². The first-order chi connectivity index (χ1) is 14.1. The fraction of sp³-hybridized carbons (Fsp3) is 0.217. The van der Waals surface area contributed by atoms with Crippen LogP contribution in [0.25, 0.3) is 10.4 Å². The van der Waals surface area contributed by atoms with Crippen molar-refractivity contribution in [1.29, 1.82) is 0 Å². The van der Waals surface area contributed by atoms with Crippen LogP contribution in [-0.2, 0) is 22.6 Å². The molecule has 0 atom stereocenters. The highest BCUT2D eigenvalue weighted by Gasteiger charge is 2.23. The summed E-state index contributed by atoms with van der Waals surface area (Å²) in [5.74, 6) is 0.0210. The summed E-state index contributed by atoms with van der Waals surface area (Å²) >= 11 is 1.37. The number of benzene rings is 2. The van der Waals surface area contributed by atoms with Crippen molar-refractivity contribution in [3.8, 4) is 16.2 Å². The number of carbonyl (C=O) groups excluding carboxylic acids is 2. The number of fused-ring (bicyclic) bond motifs is 3. The number of nitrogens with one attached hydrogen (secondary N) is 1. The molecule has 6 heteroatoms. The van der Waals surface area contributed by atoms with Gasteiger partial charge in [-0.2, -0.15) is 0 Å². The van der Waals surface area contributed by atoms with E-state index in [2.05, 4.69) is 5.32 Å². The Morgan fingerprint density at radius 3 is 2.79 bits per heavy atom. The third-order valence-electron chi connectivity index (χ3n) is 4.84. The predicted octanol–water partition coefficient (Wildman–Crippen LogP) is 4.13. The average molecular weight is 407 g/mol. The summed E-state index contributed by atoms with van der Waals surface area (Å²) in [5, 5.41) is 2.79. The highest BCUT2D eigenvalue weighted by Crippen LogP contribution is 2.42. The zero-order valence-corrected chi connectivity index (χ0v) is 16.9. The van der Waals surface area contributed by atoms with Crippen LogP contribution in [0, 0.1) is 6.92 Å². The molecule has 4 rings (SSSR count). The Morgan fingerprint density at radius 2 is 1.93 bits per heavy atom. The van der Waals surface area contributed by atoms with Crippen molar-refractivity contribution < 1.29 is 19.1 Å². The summed E-state index contributed by atoms with van der Waals surface area (Å²) in [7, 11) is 0. The lowest BCUT2D eigenvalue weighted by Crippen LogP contribution is -2.30. The van der Waals surface area contributed by atoms with Gasteiger partial charge in [-0.1, -0.05) is 36.4 Å². The summed E-state index contributed by atoms with van der Waals surface area (Å²) in [4.78, 5) is 25.9. The predicted molar refractivity (Wildman–Crippen MR) is 112 cm³/mol. The summed E-state index contributed by atoms with van der Waals surface area (Å²) in [6.45, 7) is 2.68. The Labute approximate surface area is 173 Å². The molecule has 1 aromatic heterocycles. The van der Waals surface area contributed by atoms with Crippen molar-refractivity contribution in [3.63, 3.8) is 0 Å². The van der Waals surface area contributed by atoms with Crippen LogP contribution in [0.3, 0.4) is 0 Å². The Hall–Kier alpha value is -3.12. The van der Waals surface area contributed by atoms with E-state index in [0.29, 0.717) is 18.0 Å². The van der Waals surface area contributed by atoms with Crippen LogP contribution in [0.4, 0.5) is 0 Å². The van der Waals surface area contributed by atoms with Gasteiger partial charge in [-0.05, 0) is 42.7 Å². The first-order valence-electron chi connectivity index (χ1n) is 9.45. The van der Waals surface area contributed by atoms with Gasteiger partial charge in [-0.25, -0.2) is 4.79 Å². The van der Waals surface area contributed by atoms with E-state index in [1.807, 2.05) is 55.5 Å². The lowest BCUT2D eigenvalue weighted by atomic mass is 10.1. The average Bonchev–Trinajstić information content (AvgIpc) is 3.18. The monoisotopic (exact) mass is 407 g/mol. The van der Waals surface area contributed by atoms with E-state index in [1.54, 1.807) is 6.07 Å². The van der Waals surface area contributed by atoms with Gasteiger partial charge in [0.25, 0.3) is 5.91 Å². The number of esters is 1. The van der Waals surface area contributed by atoms with Crippen LogP contribution >= 0.6 is 11.3 Å². The normalized spacial score (nSPS) is 11.8. The fourth-order valence-electron chi connectivity index (χ4n) is 3.28. The van der Waals surface area contributed by atoms with E-state index in [4.69, 9.17) is 9.47 Å². The summed E-state index contributed by atoms with van der Waals surface area (Å²) in [5.41, 5.74) is 4.33. The molecule has 1 N–H and O–H groups in total. The number of para-hydroxylation sites is 1. The van der Waals surface area contributed by atoms with Gasteiger partial charge in [0.2, 0.25) is 0 Å². The lowest BCUT2D eigenvalue weighted by Gasteiger charge is -2.16. The smallest absolute Gasteiger partial charge is 0.348 e. The second-order valence-corrected chi connectivity index (χ2v) is 7.90. The van der Waals surface area contributed by atoms with Crippen molar-refractivity contribution in [3.05, 3.63) is 76.2 Å². The van der Waals surface area contributed by atoms with Gasteiger partial charge in [0.05, 0.1) is 0 Å². The van der Waals surface area contributed by atoms with Crippen molar-refractivity contribution >= 4 is 23.2 Å². The second kappa shape index (κ2) is 8.49. The van der Waals surface area contributed by atoms with Crippen molar-refractivity contribution in [2.24, 2.45) is 0 Å². The van der Waals surface area contributed by atoms with Gasteiger partial charge in [0.15, 0.2) is 6.61 Å². The molecule has 1 amide bonds. The minimum atomic E-state index is -0.490. The highest BCUT2D eigenvalue weighted by atomic mass is 32.1. The zero-order valence-electron chi connectivity index (χ0n) is 16.1. The molecular formula is C23H21NO4S. The van der Waals surface area contributed by atoms with Gasteiger partial charge in [0.1, 0.15) is 17.2 Å². The molecule has 1 aliphatic heterocycles. The number of rotatable bonds is 6. The van der Waals surface area contributed by atoms with E-state index < -0.39 is 5.97 Å². The van der Waals surface area contributed by atoms with Gasteiger partial charge >= 0.3 is 5.97 Å². The van der Waals surface area contributed by atoms with Crippen LogP contribution in [-0.4, -0.2) is 25.0 Å². The van der Waals surface area contributed by atoms with Crippen molar-refractivity contribution in [2.75, 3.05) is 13.2 Å². The molecular weight excluding hydrogens is 386 g/mol. The standard InChI is InChI=1S/C23H21NO4S/c1-15-6-2-3-7-16(15)10-11-24-21(25)14-28-23(26)20-12-17-13-27-19-9-5-4-8-18(19)22(17)29-20/h2-9,12H,10-11,13-14H2,1H3,(H,24,25). The molecule has 0 fully saturated rings. The fourth-order valence-corrected chi connectivity index (χ4v) is 4.37. The van der Waals surface area contributed by atoms with Gasteiger partial charge in [-0.3, -0.25) is 4.79 Å². The minimum absolute atomic E-state index is 0.289. The maximum Gasteiger partial charge on any atom is 0.348 e. The maximum atomic E-state index is 12.4. The van der Waals surface area contributed by atoms with Gasteiger partial charge < -0.3 is 14.8 Å². The highest BCUT2D eigenvalue weighted by molar-refractivity contribution is 7.17. The molecule has 0 unspecified atom stereocenters. The van der Waals surface area contributed by atoms with E-state index in [9.17, 15) is 9.59 Å². The molecule has 0 spiro atoms. The van der Waals surface area contributed by atoms with Crippen LogP contribution in [0.15, 0.2) is 54.6 Å². The lowest BCUT2D eigenvalue weighted by molar-refractivity contribution is -0.124. The molecule has 0 aliphatic carbocycles. The molecule has 1 aliphatic rings. The number of ether oxygens (including phenoxy) is 2. The molecule has 29 heavy (non-hydrogen) atoms. The summed E-state index contributed by atoms with van der Waals surface area (Å²) in [6, 6.07) is 17.6. The number of amides is 1. The number of hydrogen-bond donors (Lipinski definition) is 1. The molecule has 0 radical (unpaired) electrons. The molecule has 0 saturated heterocycles. The van der Waals surface area contributed by atoms with Crippen LogP contribution < -0.4 is 10.1 Å². The quantitative estimate of drug-likeness (QED) is 0.624. The third-order valence-corrected chi connectivity index (χ3v) is 6.03. The molecule has 2 heterocycles. The van der Waals surface area contributed by atoms with E-state index in [-0.39, 0.29) is 12.5 Å². The van der Waals surface area contributed by atoms with Gasteiger partial charge in [-0.15, -0.1) is 11.3 Å². The molecule has 3 aromatic rings. The summed E-state index contributed by atoms with van der Waals surface area (Å²) < 4.78 is 10.9. The third kappa shape index (κ3) is 4.32. The van der Waals surface area contributed by atoms with Crippen LogP contribution in [0.5, 0.6) is 5.75 Å². The Morgan fingerprint density at radius 1 is 1.14 bits per heavy atom. The van der Waals surface area contributed by atoms with E-state index in [0.717, 1.165) is 28.2 Å². The minimum Gasteiger partial charge on any atom is -0.488 e. The number of carbonyl (C=O) groups is 2. The van der Waals surface area contributed by atoms with Gasteiger partial charge in [0, 0.05) is 22.5 Å². The maximum absolute atomic E-state index is 12.4. The first kappa shape index (κ1) is 19.2. The SMILES string of the molecule is Cc1ccccc1CCNC(=O)COC(=O)c1cc2c(s1)-c1ccccc1OC2. The molecule has 0 saturated carbocycles. The molecule has 2 aromatic carbocycles. The molecule has 0 bridgehead atoms. The number of aryl methyl sites for hydroxylation is 1. The molecule has 5 nitrogen and oxygen atoms in total. The van der Waals surface area contributed by atoms with Crippen molar-refractivity contribution in [2.45, 2.75) is 20.0 Å². The number of thiophene rings is 1. The van der Waals surface area contributed by atoms with E-state index >= 15 is 0 Å².